The quantitative estimate of drug-likeness (QED) is 0.746. The van der Waals surface area contributed by atoms with Gasteiger partial charge in [-0.2, -0.15) is 0 Å². The number of benzene rings is 1. The molecule has 1 aromatic rings. The summed E-state index contributed by atoms with van der Waals surface area (Å²) in [5.74, 6) is 0.373. The first kappa shape index (κ1) is 13.2. The normalized spacial score (nSPS) is 10.2. The second-order valence-electron chi connectivity index (χ2n) is 3.42. The second kappa shape index (κ2) is 6.63. The number of ether oxygens (including phenoxy) is 1. The van der Waals surface area contributed by atoms with E-state index in [4.69, 9.17) is 4.74 Å². The molecule has 16 heavy (non-hydrogen) atoms. The van der Waals surface area contributed by atoms with Gasteiger partial charge in [0, 0.05) is 18.9 Å². The Bertz CT molecular complexity index is 366. The summed E-state index contributed by atoms with van der Waals surface area (Å²) < 4.78 is 18.8. The number of carbonyl (C=O) groups excluding carboxylic acids is 1. The van der Waals surface area contributed by atoms with Gasteiger partial charge in [0.2, 0.25) is 0 Å². The number of carbonyl (C=O) groups is 1. The lowest BCUT2D eigenvalue weighted by molar-refractivity contribution is -0.118. The number of Topliss-reactive ketones (excluding diaryl/α,β-unsaturated/α-hetero) is 1. The van der Waals surface area contributed by atoms with Gasteiger partial charge in [-0.05, 0) is 34.5 Å². The minimum Gasteiger partial charge on any atom is -0.493 e. The zero-order chi connectivity index (χ0) is 12.0. The van der Waals surface area contributed by atoms with Crippen molar-refractivity contribution in [1.29, 1.82) is 0 Å². The van der Waals surface area contributed by atoms with Crippen molar-refractivity contribution in [2.75, 3.05) is 6.61 Å². The van der Waals surface area contributed by atoms with Crippen molar-refractivity contribution < 1.29 is 13.9 Å². The molecule has 0 aliphatic rings. The Hall–Kier alpha value is -0.900. The lowest BCUT2D eigenvalue weighted by Gasteiger charge is -2.06. The van der Waals surface area contributed by atoms with E-state index in [0.717, 1.165) is 0 Å². The van der Waals surface area contributed by atoms with Crippen molar-refractivity contribution >= 4 is 21.7 Å². The van der Waals surface area contributed by atoms with Gasteiger partial charge in [-0.3, -0.25) is 4.79 Å². The fraction of sp³-hybridized carbons (Fsp3) is 0.417. The highest BCUT2D eigenvalue weighted by atomic mass is 79.9. The molecule has 0 aromatic heterocycles. The van der Waals surface area contributed by atoms with Crippen LogP contribution in [0.4, 0.5) is 4.39 Å². The third kappa shape index (κ3) is 4.31. The predicted octanol–water partition coefficient (Wildman–Crippen LogP) is 3.73. The maximum absolute atomic E-state index is 13.1. The molecule has 0 atom stereocenters. The van der Waals surface area contributed by atoms with Gasteiger partial charge in [-0.1, -0.05) is 6.92 Å². The second-order valence-corrected chi connectivity index (χ2v) is 4.27. The first-order valence-electron chi connectivity index (χ1n) is 5.23. The molecular weight excluding hydrogens is 275 g/mol. The van der Waals surface area contributed by atoms with Gasteiger partial charge in [0.15, 0.2) is 0 Å². The molecule has 0 fully saturated rings. The van der Waals surface area contributed by atoms with Crippen LogP contribution in [0.5, 0.6) is 5.75 Å². The Kier molecular flexibility index (Phi) is 5.46. The van der Waals surface area contributed by atoms with Gasteiger partial charge >= 0.3 is 0 Å². The minimum absolute atomic E-state index is 0.227. The number of hydrogen-bond donors (Lipinski definition) is 0. The highest BCUT2D eigenvalue weighted by Crippen LogP contribution is 2.20. The number of hydrogen-bond acceptors (Lipinski definition) is 2. The molecular formula is C12H14BrFO2. The number of ketones is 1. The number of rotatable bonds is 6. The van der Waals surface area contributed by atoms with E-state index in [0.29, 0.717) is 36.1 Å². The summed E-state index contributed by atoms with van der Waals surface area (Å²) in [5.41, 5.74) is 0. The Balaban J connectivity index is 2.32. The van der Waals surface area contributed by atoms with E-state index in [1.165, 1.54) is 6.07 Å². The molecule has 0 saturated heterocycles. The summed E-state index contributed by atoms with van der Waals surface area (Å²) in [5, 5.41) is 0. The summed E-state index contributed by atoms with van der Waals surface area (Å²) in [6.45, 7) is 2.28. The monoisotopic (exact) mass is 288 g/mol. The van der Waals surface area contributed by atoms with Crippen LogP contribution in [0.3, 0.4) is 0 Å². The van der Waals surface area contributed by atoms with E-state index < -0.39 is 0 Å². The summed E-state index contributed by atoms with van der Waals surface area (Å²) in [6.07, 6.45) is 1.76. The fourth-order valence-corrected chi connectivity index (χ4v) is 1.45. The summed E-state index contributed by atoms with van der Waals surface area (Å²) >= 11 is 3.06. The molecule has 0 unspecified atom stereocenters. The molecule has 88 valence electrons. The number of halogens is 2. The molecule has 0 aliphatic carbocycles. The SMILES string of the molecule is CCC(=O)CCCOc1ccc(Br)c(F)c1. The van der Waals surface area contributed by atoms with E-state index >= 15 is 0 Å². The van der Waals surface area contributed by atoms with E-state index in [-0.39, 0.29) is 11.6 Å². The summed E-state index contributed by atoms with van der Waals surface area (Å²) in [4.78, 5) is 11.0. The lowest BCUT2D eigenvalue weighted by atomic mass is 10.2. The third-order valence-electron chi connectivity index (χ3n) is 2.15. The van der Waals surface area contributed by atoms with Crippen molar-refractivity contribution in [3.8, 4) is 5.75 Å². The van der Waals surface area contributed by atoms with Crippen LogP contribution in [-0.4, -0.2) is 12.4 Å². The van der Waals surface area contributed by atoms with E-state index in [1.807, 2.05) is 6.92 Å². The van der Waals surface area contributed by atoms with E-state index in [2.05, 4.69) is 15.9 Å². The van der Waals surface area contributed by atoms with Crippen LogP contribution in [0.15, 0.2) is 22.7 Å². The zero-order valence-electron chi connectivity index (χ0n) is 9.13. The van der Waals surface area contributed by atoms with Crippen LogP contribution >= 0.6 is 15.9 Å². The van der Waals surface area contributed by atoms with Crippen LogP contribution in [0.2, 0.25) is 0 Å². The van der Waals surface area contributed by atoms with Crippen LogP contribution in [0.1, 0.15) is 26.2 Å². The molecule has 2 nitrogen and oxygen atoms in total. The largest absolute Gasteiger partial charge is 0.493 e. The average molecular weight is 289 g/mol. The standard InChI is InChI=1S/C12H14BrFO2/c1-2-9(15)4-3-7-16-10-5-6-11(13)12(14)8-10/h5-6,8H,2-4,7H2,1H3. The van der Waals surface area contributed by atoms with Crippen molar-refractivity contribution in [3.63, 3.8) is 0 Å². The van der Waals surface area contributed by atoms with Crippen molar-refractivity contribution in [2.24, 2.45) is 0 Å². The third-order valence-corrected chi connectivity index (χ3v) is 2.80. The lowest BCUT2D eigenvalue weighted by Crippen LogP contribution is -2.02. The Morgan fingerprint density at radius 1 is 1.50 bits per heavy atom. The van der Waals surface area contributed by atoms with Gasteiger partial charge in [0.1, 0.15) is 17.3 Å². The molecule has 4 heteroatoms. The van der Waals surface area contributed by atoms with Gasteiger partial charge in [-0.25, -0.2) is 4.39 Å². The molecule has 0 N–H and O–H groups in total. The van der Waals surface area contributed by atoms with Crippen molar-refractivity contribution in [1.82, 2.24) is 0 Å². The highest BCUT2D eigenvalue weighted by molar-refractivity contribution is 9.10. The first-order chi connectivity index (χ1) is 7.63. The van der Waals surface area contributed by atoms with Crippen LogP contribution in [-0.2, 0) is 4.79 Å². The van der Waals surface area contributed by atoms with E-state index in [9.17, 15) is 9.18 Å². The van der Waals surface area contributed by atoms with Crippen molar-refractivity contribution in [2.45, 2.75) is 26.2 Å². The van der Waals surface area contributed by atoms with Gasteiger partial charge in [0.25, 0.3) is 0 Å². The molecule has 0 bridgehead atoms. The topological polar surface area (TPSA) is 26.3 Å². The minimum atomic E-state index is -0.345. The van der Waals surface area contributed by atoms with Crippen LogP contribution < -0.4 is 4.74 Å². The molecule has 1 aromatic carbocycles. The summed E-state index contributed by atoms with van der Waals surface area (Å²) in [6, 6.07) is 4.61. The Morgan fingerprint density at radius 2 is 2.25 bits per heavy atom. The van der Waals surface area contributed by atoms with E-state index in [1.54, 1.807) is 12.1 Å². The van der Waals surface area contributed by atoms with Crippen LogP contribution in [0.25, 0.3) is 0 Å². The molecule has 0 spiro atoms. The molecule has 0 radical (unpaired) electrons. The Morgan fingerprint density at radius 3 is 2.88 bits per heavy atom. The van der Waals surface area contributed by atoms with Crippen LogP contribution in [0, 0.1) is 5.82 Å². The Labute approximate surface area is 103 Å². The average Bonchev–Trinajstić information content (AvgIpc) is 2.28. The van der Waals surface area contributed by atoms with Gasteiger partial charge in [0.05, 0.1) is 11.1 Å². The summed E-state index contributed by atoms with van der Waals surface area (Å²) in [7, 11) is 0. The first-order valence-corrected chi connectivity index (χ1v) is 6.02. The zero-order valence-corrected chi connectivity index (χ0v) is 10.7. The van der Waals surface area contributed by atoms with Crippen molar-refractivity contribution in [3.05, 3.63) is 28.5 Å². The maximum atomic E-state index is 13.1. The predicted molar refractivity (Wildman–Crippen MR) is 64.1 cm³/mol. The van der Waals surface area contributed by atoms with Gasteiger partial charge in [-0.15, -0.1) is 0 Å². The van der Waals surface area contributed by atoms with Gasteiger partial charge < -0.3 is 4.74 Å². The molecule has 0 amide bonds. The maximum Gasteiger partial charge on any atom is 0.141 e. The molecule has 1 rings (SSSR count). The smallest absolute Gasteiger partial charge is 0.141 e. The molecule has 0 heterocycles. The highest BCUT2D eigenvalue weighted by Gasteiger charge is 2.02. The fourth-order valence-electron chi connectivity index (χ4n) is 1.20. The molecule has 0 aliphatic heterocycles. The molecule has 0 saturated carbocycles.